The lowest BCUT2D eigenvalue weighted by Crippen LogP contribution is -2.68. The van der Waals surface area contributed by atoms with Crippen molar-refractivity contribution in [3.8, 4) is 0 Å². The molecule has 29 heavy (non-hydrogen) atoms. The number of hydrogen-bond acceptors (Lipinski definition) is 7. The molecule has 152 valence electrons. The van der Waals surface area contributed by atoms with Crippen molar-refractivity contribution >= 4 is 29.1 Å². The van der Waals surface area contributed by atoms with Crippen LogP contribution in [0.15, 0.2) is 35.9 Å². The zero-order chi connectivity index (χ0) is 20.8. The van der Waals surface area contributed by atoms with Crippen LogP contribution in [-0.2, 0) is 9.59 Å². The Kier molecular flexibility index (Phi) is 4.91. The quantitative estimate of drug-likeness (QED) is 0.489. The van der Waals surface area contributed by atoms with Gasteiger partial charge in [-0.2, -0.15) is 5.21 Å². The molecular weight excluding hydrogens is 390 g/mol. The summed E-state index contributed by atoms with van der Waals surface area (Å²) in [4.78, 5) is 27.8. The van der Waals surface area contributed by atoms with Gasteiger partial charge < -0.3 is 16.0 Å². The number of amides is 2. The summed E-state index contributed by atoms with van der Waals surface area (Å²) in [6.07, 6.45) is 0. The summed E-state index contributed by atoms with van der Waals surface area (Å²) in [7, 11) is 0. The number of aromatic amines is 1. The molecule has 0 bridgehead atoms. The molecular formula is C19H23N7O2S. The predicted molar refractivity (Wildman–Crippen MR) is 109 cm³/mol. The number of carbonyl (C=O) groups excluding carboxylic acids is 2. The van der Waals surface area contributed by atoms with E-state index in [2.05, 4.69) is 25.9 Å². The average molecular weight is 414 g/mol. The van der Waals surface area contributed by atoms with Crippen LogP contribution in [0.5, 0.6) is 0 Å². The van der Waals surface area contributed by atoms with Crippen LogP contribution in [0.2, 0.25) is 0 Å². The van der Waals surface area contributed by atoms with E-state index >= 15 is 0 Å². The largest absolute Gasteiger partial charge is 0.338 e. The van der Waals surface area contributed by atoms with E-state index in [0.717, 1.165) is 11.1 Å². The Hall–Kier alpha value is -2.72. The second-order valence-corrected chi connectivity index (χ2v) is 9.48. The molecule has 4 N–H and O–H groups in total. The van der Waals surface area contributed by atoms with Crippen molar-refractivity contribution < 1.29 is 9.59 Å². The Morgan fingerprint density at radius 1 is 1.34 bits per heavy atom. The second-order valence-electron chi connectivity index (χ2n) is 7.71. The van der Waals surface area contributed by atoms with Crippen LogP contribution >= 0.6 is 11.8 Å². The van der Waals surface area contributed by atoms with Crippen LogP contribution < -0.4 is 11.1 Å². The van der Waals surface area contributed by atoms with Crippen LogP contribution in [-0.4, -0.2) is 60.0 Å². The van der Waals surface area contributed by atoms with E-state index in [-0.39, 0.29) is 34.5 Å². The van der Waals surface area contributed by atoms with Gasteiger partial charge in [0.05, 0.1) is 0 Å². The maximum Gasteiger partial charge on any atom is 0.252 e. The molecule has 2 aliphatic heterocycles. The smallest absolute Gasteiger partial charge is 0.252 e. The van der Waals surface area contributed by atoms with E-state index in [1.165, 1.54) is 0 Å². The van der Waals surface area contributed by atoms with Gasteiger partial charge in [0.2, 0.25) is 5.91 Å². The number of aromatic nitrogens is 4. The third kappa shape index (κ3) is 3.22. The average Bonchev–Trinajstić information content (AvgIpc) is 3.31. The highest BCUT2D eigenvalue weighted by Gasteiger charge is 2.63. The van der Waals surface area contributed by atoms with Crippen LogP contribution in [0.1, 0.15) is 38.2 Å². The Morgan fingerprint density at radius 2 is 2.07 bits per heavy atom. The van der Waals surface area contributed by atoms with Gasteiger partial charge >= 0.3 is 0 Å². The van der Waals surface area contributed by atoms with Gasteiger partial charge in [-0.25, -0.2) is 0 Å². The number of thioether (sulfide) groups is 1. The predicted octanol–water partition coefficient (Wildman–Crippen LogP) is 0.852. The third-order valence-corrected chi connectivity index (χ3v) is 6.93. The van der Waals surface area contributed by atoms with Crippen molar-refractivity contribution in [1.29, 1.82) is 0 Å². The molecule has 1 aromatic heterocycles. The molecule has 3 heterocycles. The molecule has 2 aliphatic rings. The van der Waals surface area contributed by atoms with Crippen molar-refractivity contribution in [1.82, 2.24) is 30.8 Å². The highest BCUT2D eigenvalue weighted by Crippen LogP contribution is 2.56. The third-order valence-electron chi connectivity index (χ3n) is 5.36. The van der Waals surface area contributed by atoms with Crippen molar-refractivity contribution in [3.05, 3.63) is 47.3 Å². The zero-order valence-electron chi connectivity index (χ0n) is 16.4. The van der Waals surface area contributed by atoms with E-state index in [1.807, 2.05) is 51.1 Å². The Labute approximate surface area is 172 Å². The first kappa shape index (κ1) is 19.6. The number of nitrogens with zero attached hydrogens (tertiary/aromatic N) is 4. The van der Waals surface area contributed by atoms with Gasteiger partial charge in [0.25, 0.3) is 5.91 Å². The molecule has 0 spiro atoms. The van der Waals surface area contributed by atoms with Gasteiger partial charge in [-0.3, -0.25) is 9.59 Å². The summed E-state index contributed by atoms with van der Waals surface area (Å²) in [5.41, 5.74) is 7.86. The van der Waals surface area contributed by atoms with Crippen molar-refractivity contribution in [2.24, 2.45) is 5.73 Å². The number of nitrogens with two attached hydrogens (primary N) is 1. The summed E-state index contributed by atoms with van der Waals surface area (Å²) in [6, 6.07) is 8.45. The highest BCUT2D eigenvalue weighted by molar-refractivity contribution is 8.01. The van der Waals surface area contributed by atoms with E-state index in [1.54, 1.807) is 16.7 Å². The lowest BCUT2D eigenvalue weighted by molar-refractivity contribution is -0.151. The van der Waals surface area contributed by atoms with Gasteiger partial charge in [0.15, 0.2) is 5.82 Å². The molecule has 3 atom stereocenters. The molecule has 2 unspecified atom stereocenters. The van der Waals surface area contributed by atoms with Crippen LogP contribution in [0.25, 0.3) is 5.57 Å². The SMILES string of the molecule is C/C(CN)=C(\C(=O)NC1C(=O)N2C(c3nn[nH]n3)C(C)(C)S[C@H]12)c1ccccc1. The van der Waals surface area contributed by atoms with E-state index in [0.29, 0.717) is 11.4 Å². The molecule has 2 amide bonds. The molecule has 0 saturated carbocycles. The lowest BCUT2D eigenvalue weighted by atomic mass is 9.94. The monoisotopic (exact) mass is 413 g/mol. The Balaban J connectivity index is 1.57. The number of carbonyl (C=O) groups is 2. The molecule has 9 nitrogen and oxygen atoms in total. The summed E-state index contributed by atoms with van der Waals surface area (Å²) >= 11 is 1.63. The Bertz CT molecular complexity index is 958. The number of benzene rings is 1. The number of nitrogens with one attached hydrogen (secondary N) is 2. The number of β-lactam (4-membered cyclic amide) rings is 1. The van der Waals surface area contributed by atoms with Crippen LogP contribution in [0.4, 0.5) is 0 Å². The Morgan fingerprint density at radius 3 is 2.69 bits per heavy atom. The maximum atomic E-state index is 13.1. The van der Waals surface area contributed by atoms with Gasteiger partial charge in [-0.15, -0.1) is 22.0 Å². The fourth-order valence-corrected chi connectivity index (χ4v) is 5.57. The molecule has 4 rings (SSSR count). The molecule has 10 heteroatoms. The number of fused-ring (bicyclic) bond motifs is 1. The fraction of sp³-hybridized carbons (Fsp3) is 0.421. The zero-order valence-corrected chi connectivity index (χ0v) is 17.2. The van der Waals surface area contributed by atoms with E-state index < -0.39 is 6.04 Å². The summed E-state index contributed by atoms with van der Waals surface area (Å²) < 4.78 is -0.311. The maximum absolute atomic E-state index is 13.1. The second kappa shape index (κ2) is 7.27. The van der Waals surface area contributed by atoms with E-state index in [9.17, 15) is 9.59 Å². The number of H-pyrrole nitrogens is 1. The topological polar surface area (TPSA) is 130 Å². The molecule has 2 saturated heterocycles. The van der Waals surface area contributed by atoms with Gasteiger partial charge in [0.1, 0.15) is 17.5 Å². The molecule has 2 aromatic rings. The number of tetrazole rings is 1. The first-order chi connectivity index (χ1) is 13.8. The molecule has 0 aliphatic carbocycles. The lowest BCUT2D eigenvalue weighted by Gasteiger charge is -2.44. The summed E-state index contributed by atoms with van der Waals surface area (Å²) in [5.74, 6) is 0.0413. The van der Waals surface area contributed by atoms with E-state index in [4.69, 9.17) is 5.73 Å². The first-order valence-corrected chi connectivity index (χ1v) is 10.2. The summed E-state index contributed by atoms with van der Waals surface area (Å²) in [5, 5.41) is 17.0. The molecule has 1 aromatic carbocycles. The minimum atomic E-state index is -0.604. The normalized spacial score (nSPS) is 25.9. The molecule has 0 radical (unpaired) electrons. The minimum Gasteiger partial charge on any atom is -0.338 e. The molecule has 2 fully saturated rings. The van der Waals surface area contributed by atoms with Gasteiger partial charge in [-0.1, -0.05) is 35.5 Å². The van der Waals surface area contributed by atoms with Crippen LogP contribution in [0, 0.1) is 0 Å². The van der Waals surface area contributed by atoms with Gasteiger partial charge in [0, 0.05) is 16.9 Å². The number of rotatable bonds is 5. The van der Waals surface area contributed by atoms with Crippen molar-refractivity contribution in [2.75, 3.05) is 6.54 Å². The van der Waals surface area contributed by atoms with Crippen LogP contribution in [0.3, 0.4) is 0 Å². The number of hydrogen-bond donors (Lipinski definition) is 3. The standard InChI is InChI=1S/C19H23N7O2S/c1-10(9-20)12(11-7-5-4-6-8-11)16(27)21-13-17(28)26-14(15-22-24-25-23-15)19(2,3)29-18(13)26/h4-8,13-14,18H,9,20H2,1-3H3,(H,21,27)(H,22,23,24,25)/b12-10+/t13?,14?,18-/m1/s1. The fourth-order valence-electron chi connectivity index (χ4n) is 3.94. The van der Waals surface area contributed by atoms with Gasteiger partial charge in [-0.05, 0) is 31.9 Å². The van der Waals surface area contributed by atoms with Crippen molar-refractivity contribution in [3.63, 3.8) is 0 Å². The summed E-state index contributed by atoms with van der Waals surface area (Å²) in [6.45, 7) is 6.16. The highest BCUT2D eigenvalue weighted by atomic mass is 32.2. The first-order valence-electron chi connectivity index (χ1n) is 9.34. The van der Waals surface area contributed by atoms with Crippen molar-refractivity contribution in [2.45, 2.75) is 43.0 Å². The minimum absolute atomic E-state index is 0.144.